The Kier molecular flexibility index (Phi) is 5.30. The highest BCUT2D eigenvalue weighted by Crippen LogP contribution is 2.56. The molecule has 0 aromatic heterocycles. The molecule has 0 radical (unpaired) electrons. The first kappa shape index (κ1) is 23.0. The van der Waals surface area contributed by atoms with Crippen molar-refractivity contribution in [3.8, 4) is 11.5 Å². The maximum absolute atomic E-state index is 14.6. The lowest BCUT2D eigenvalue weighted by Gasteiger charge is -2.44. The first-order valence-electron chi connectivity index (χ1n) is 12.5. The number of ether oxygens (including phenoxy) is 2. The number of para-hydroxylation sites is 1. The number of nitrogens with zero attached hydrogens (tertiary/aromatic N) is 3. The van der Waals surface area contributed by atoms with Gasteiger partial charge in [0.1, 0.15) is 11.5 Å². The molecule has 1 amide bonds. The molecule has 0 bridgehead atoms. The fourth-order valence-electron chi connectivity index (χ4n) is 5.73. The van der Waals surface area contributed by atoms with Crippen molar-refractivity contribution >= 4 is 33.2 Å². The molecule has 3 heterocycles. The summed E-state index contributed by atoms with van der Waals surface area (Å²) in [7, 11) is 1.66. The number of hydrazone groups is 1. The maximum atomic E-state index is 14.6. The number of fused-ring (bicyclic) bond motifs is 6. The summed E-state index contributed by atoms with van der Waals surface area (Å²) in [5.74, 6) is 1.35. The van der Waals surface area contributed by atoms with Crippen LogP contribution in [0.5, 0.6) is 11.5 Å². The Morgan fingerprint density at radius 2 is 1.76 bits per heavy atom. The van der Waals surface area contributed by atoms with Crippen LogP contribution in [0.2, 0.25) is 0 Å². The molecule has 3 aliphatic rings. The zero-order valence-electron chi connectivity index (χ0n) is 20.7. The Balaban J connectivity index is 1.39. The Morgan fingerprint density at radius 1 is 1.00 bits per heavy atom. The fraction of sp³-hybridized carbons (Fsp3) is 0.161. The summed E-state index contributed by atoms with van der Waals surface area (Å²) in [5, 5.41) is 7.01. The molecular weight excluding hydrogens is 542 g/mol. The number of methoxy groups -OCH3 is 1. The van der Waals surface area contributed by atoms with Gasteiger partial charge in [-0.05, 0) is 59.7 Å². The van der Waals surface area contributed by atoms with Crippen molar-refractivity contribution in [2.75, 3.05) is 12.0 Å². The maximum Gasteiger partial charge on any atom is 0.306 e. The van der Waals surface area contributed by atoms with Crippen molar-refractivity contribution in [3.63, 3.8) is 0 Å². The van der Waals surface area contributed by atoms with E-state index in [2.05, 4.69) is 22.0 Å². The monoisotopic (exact) mass is 565 g/mol. The van der Waals surface area contributed by atoms with Crippen LogP contribution in [0.25, 0.3) is 0 Å². The van der Waals surface area contributed by atoms with Crippen LogP contribution in [0.4, 0.5) is 5.69 Å². The topological polar surface area (TPSA) is 54.4 Å². The standard InChI is InChI=1S/C31H24BrN3O3/c1-37-23-14-11-21(12-15-23)26-18-28-24-17-22(32)13-16-29(24)38-31(35(28)33-26)25-9-5-6-10-27(25)34(30(31)36)19-20-7-3-2-4-8-20/h2-17,28H,18-19H2,1H3/t28-,31+/m0/s1. The van der Waals surface area contributed by atoms with Gasteiger partial charge in [0.15, 0.2) is 0 Å². The lowest BCUT2D eigenvalue weighted by Crippen LogP contribution is -2.57. The van der Waals surface area contributed by atoms with E-state index >= 15 is 0 Å². The quantitative estimate of drug-likeness (QED) is 0.287. The van der Waals surface area contributed by atoms with Gasteiger partial charge < -0.3 is 14.4 Å². The van der Waals surface area contributed by atoms with E-state index in [9.17, 15) is 4.79 Å². The molecule has 6 nitrogen and oxygen atoms in total. The van der Waals surface area contributed by atoms with Gasteiger partial charge in [-0.15, -0.1) is 0 Å². The lowest BCUT2D eigenvalue weighted by molar-refractivity contribution is -0.164. The van der Waals surface area contributed by atoms with Crippen LogP contribution in [0.3, 0.4) is 0 Å². The number of carbonyl (C=O) groups is 1. The minimum absolute atomic E-state index is 0.138. The Hall–Kier alpha value is -4.10. The predicted molar refractivity (Wildman–Crippen MR) is 149 cm³/mol. The normalized spacial score (nSPS) is 21.1. The second-order valence-electron chi connectivity index (χ2n) is 9.66. The lowest BCUT2D eigenvalue weighted by atomic mass is 9.92. The minimum Gasteiger partial charge on any atom is -0.497 e. The van der Waals surface area contributed by atoms with Gasteiger partial charge in [-0.25, -0.2) is 5.01 Å². The molecule has 188 valence electrons. The van der Waals surface area contributed by atoms with Crippen LogP contribution in [0.1, 0.15) is 34.7 Å². The van der Waals surface area contributed by atoms with Gasteiger partial charge in [-0.3, -0.25) is 4.79 Å². The van der Waals surface area contributed by atoms with Gasteiger partial charge in [0.2, 0.25) is 0 Å². The molecule has 7 rings (SSSR count). The van der Waals surface area contributed by atoms with Gasteiger partial charge in [0.25, 0.3) is 5.91 Å². The Morgan fingerprint density at radius 3 is 2.55 bits per heavy atom. The summed E-state index contributed by atoms with van der Waals surface area (Å²) < 4.78 is 13.1. The number of hydrogen-bond donors (Lipinski definition) is 0. The zero-order valence-corrected chi connectivity index (χ0v) is 22.3. The van der Waals surface area contributed by atoms with E-state index in [0.717, 1.165) is 43.9 Å². The van der Waals surface area contributed by atoms with Crippen LogP contribution < -0.4 is 14.4 Å². The van der Waals surface area contributed by atoms with E-state index in [0.29, 0.717) is 18.7 Å². The first-order valence-corrected chi connectivity index (χ1v) is 13.3. The number of rotatable bonds is 4. The molecule has 3 aliphatic heterocycles. The van der Waals surface area contributed by atoms with E-state index < -0.39 is 5.72 Å². The van der Waals surface area contributed by atoms with Gasteiger partial charge in [-0.1, -0.05) is 64.5 Å². The molecular formula is C31H24BrN3O3. The van der Waals surface area contributed by atoms with Crippen LogP contribution in [0.15, 0.2) is 107 Å². The Bertz CT molecular complexity index is 1590. The number of hydrogen-bond acceptors (Lipinski definition) is 5. The van der Waals surface area contributed by atoms with Crippen LogP contribution in [-0.2, 0) is 17.1 Å². The summed E-state index contributed by atoms with van der Waals surface area (Å²) >= 11 is 3.62. The number of amides is 1. The molecule has 0 saturated carbocycles. The van der Waals surface area contributed by atoms with Crippen molar-refractivity contribution < 1.29 is 14.3 Å². The van der Waals surface area contributed by atoms with Crippen molar-refractivity contribution in [3.05, 3.63) is 124 Å². The predicted octanol–water partition coefficient (Wildman–Crippen LogP) is 6.40. The van der Waals surface area contributed by atoms with E-state index in [-0.39, 0.29) is 11.9 Å². The third kappa shape index (κ3) is 3.38. The van der Waals surface area contributed by atoms with Crippen LogP contribution in [0, 0.1) is 0 Å². The SMILES string of the molecule is COc1ccc(C2=NN3[C@@H](C2)c2cc(Br)ccc2O[C@]32C(=O)N(Cc3ccccc3)c3ccccc32)cc1. The van der Waals surface area contributed by atoms with Gasteiger partial charge in [0, 0.05) is 16.5 Å². The van der Waals surface area contributed by atoms with Crippen LogP contribution >= 0.6 is 15.9 Å². The van der Waals surface area contributed by atoms with Gasteiger partial charge in [0.05, 0.1) is 36.7 Å². The van der Waals surface area contributed by atoms with E-state index in [1.165, 1.54) is 0 Å². The highest BCUT2D eigenvalue weighted by Gasteiger charge is 2.63. The highest BCUT2D eigenvalue weighted by atomic mass is 79.9. The summed E-state index contributed by atoms with van der Waals surface area (Å²) in [6.07, 6.45) is 0.648. The number of carbonyl (C=O) groups excluding carboxylic acids is 1. The van der Waals surface area contributed by atoms with Crippen molar-refractivity contribution in [1.82, 2.24) is 5.01 Å². The highest BCUT2D eigenvalue weighted by molar-refractivity contribution is 9.10. The first-order chi connectivity index (χ1) is 18.6. The van der Waals surface area contributed by atoms with E-state index in [4.69, 9.17) is 14.6 Å². The molecule has 4 aromatic rings. The number of halogens is 1. The fourth-order valence-corrected chi connectivity index (χ4v) is 6.10. The number of benzene rings is 4. The average molecular weight is 566 g/mol. The van der Waals surface area contributed by atoms with Crippen molar-refractivity contribution in [1.29, 1.82) is 0 Å². The summed E-state index contributed by atoms with van der Waals surface area (Å²) in [4.78, 5) is 16.4. The molecule has 1 spiro atoms. The molecule has 7 heteroatoms. The summed E-state index contributed by atoms with van der Waals surface area (Å²) in [6, 6.07) is 31.6. The van der Waals surface area contributed by atoms with E-state index in [1.54, 1.807) is 7.11 Å². The second kappa shape index (κ2) is 8.74. The van der Waals surface area contributed by atoms with E-state index in [1.807, 2.05) is 101 Å². The summed E-state index contributed by atoms with van der Waals surface area (Å²) in [6.45, 7) is 0.447. The molecule has 38 heavy (non-hydrogen) atoms. The molecule has 4 aromatic carbocycles. The Labute approximate surface area is 229 Å². The van der Waals surface area contributed by atoms with Crippen molar-refractivity contribution in [2.45, 2.75) is 24.7 Å². The molecule has 0 N–H and O–H groups in total. The average Bonchev–Trinajstić information content (AvgIpc) is 3.50. The minimum atomic E-state index is -1.40. The van der Waals surface area contributed by atoms with Crippen LogP contribution in [-0.4, -0.2) is 23.7 Å². The second-order valence-corrected chi connectivity index (χ2v) is 10.6. The largest absolute Gasteiger partial charge is 0.497 e. The molecule has 0 saturated heterocycles. The smallest absolute Gasteiger partial charge is 0.306 e. The molecule has 0 aliphatic carbocycles. The van der Waals surface area contributed by atoms with Gasteiger partial charge in [-0.2, -0.15) is 5.10 Å². The zero-order chi connectivity index (χ0) is 25.9. The third-order valence-corrected chi connectivity index (χ3v) is 8.02. The van der Waals surface area contributed by atoms with Crippen molar-refractivity contribution in [2.24, 2.45) is 5.10 Å². The molecule has 0 unspecified atom stereocenters. The van der Waals surface area contributed by atoms with Gasteiger partial charge >= 0.3 is 5.72 Å². The molecule has 2 atom stereocenters. The molecule has 0 fully saturated rings. The summed E-state index contributed by atoms with van der Waals surface area (Å²) in [5.41, 5.74) is 4.20. The number of anilines is 1. The third-order valence-electron chi connectivity index (χ3n) is 7.52.